The number of amides is 1. The summed E-state index contributed by atoms with van der Waals surface area (Å²) in [4.78, 5) is 12.7. The summed E-state index contributed by atoms with van der Waals surface area (Å²) in [5.41, 5.74) is 1.34. The van der Waals surface area contributed by atoms with Gasteiger partial charge in [-0.05, 0) is 62.1 Å². The lowest BCUT2D eigenvalue weighted by Crippen LogP contribution is -2.43. The summed E-state index contributed by atoms with van der Waals surface area (Å²) in [7, 11) is 0. The fourth-order valence-corrected chi connectivity index (χ4v) is 3.12. The average Bonchev–Trinajstić information content (AvgIpc) is 3.35. The van der Waals surface area contributed by atoms with E-state index in [-0.39, 0.29) is 17.1 Å². The Hall–Kier alpha value is -1.87. The highest BCUT2D eigenvalue weighted by atomic mass is 35.5. The maximum absolute atomic E-state index is 13.1. The second-order valence-electron chi connectivity index (χ2n) is 7.10. The lowest BCUT2D eigenvalue weighted by molar-refractivity contribution is -0.125. The van der Waals surface area contributed by atoms with Crippen LogP contribution in [0.5, 0.6) is 0 Å². The van der Waals surface area contributed by atoms with Crippen LogP contribution in [0.25, 0.3) is 0 Å². The van der Waals surface area contributed by atoms with Crippen LogP contribution in [0.1, 0.15) is 37.8 Å². The van der Waals surface area contributed by atoms with Crippen LogP contribution in [0.2, 0.25) is 5.02 Å². The van der Waals surface area contributed by atoms with Crippen molar-refractivity contribution in [1.82, 2.24) is 5.32 Å². The monoisotopic (exact) mass is 345 g/mol. The zero-order valence-electron chi connectivity index (χ0n) is 13.9. The van der Waals surface area contributed by atoms with Crippen LogP contribution in [0.3, 0.4) is 0 Å². The van der Waals surface area contributed by atoms with Gasteiger partial charge in [-0.2, -0.15) is 0 Å². The number of carbonyl (C=O) groups excluding carboxylic acids is 1. The molecular formula is C20H21ClFNO. The minimum atomic E-state index is -0.635. The Kier molecular flexibility index (Phi) is 4.39. The van der Waals surface area contributed by atoms with E-state index in [4.69, 9.17) is 11.6 Å². The molecule has 4 heteroatoms. The van der Waals surface area contributed by atoms with Crippen molar-refractivity contribution in [2.45, 2.75) is 37.5 Å². The summed E-state index contributed by atoms with van der Waals surface area (Å²) in [6, 6.07) is 14.0. The summed E-state index contributed by atoms with van der Waals surface area (Å²) >= 11 is 5.92. The van der Waals surface area contributed by atoms with E-state index in [9.17, 15) is 9.18 Å². The molecule has 2 aromatic rings. The zero-order valence-corrected chi connectivity index (χ0v) is 14.7. The highest BCUT2D eigenvalue weighted by Gasteiger charge is 2.45. The lowest BCUT2D eigenvalue weighted by Gasteiger charge is -2.26. The molecule has 126 valence electrons. The first-order chi connectivity index (χ1) is 11.3. The van der Waals surface area contributed by atoms with Gasteiger partial charge in [-0.25, -0.2) is 4.39 Å². The molecule has 2 nitrogen and oxygen atoms in total. The standard InChI is InChI=1S/C20H21ClFNO/c1-19(2,14-3-7-16(21)8-4-14)18(24)23-13-20(11-12-20)15-5-9-17(22)10-6-15/h3-10H,11-13H2,1-2H3,(H,23,24). The Balaban J connectivity index is 1.68. The summed E-state index contributed by atoms with van der Waals surface area (Å²) < 4.78 is 13.1. The van der Waals surface area contributed by atoms with Gasteiger partial charge in [0.2, 0.25) is 5.91 Å². The van der Waals surface area contributed by atoms with E-state index in [1.54, 1.807) is 12.1 Å². The molecule has 1 amide bonds. The first-order valence-electron chi connectivity index (χ1n) is 8.14. The van der Waals surface area contributed by atoms with Crippen LogP contribution in [0.15, 0.2) is 48.5 Å². The molecule has 0 aliphatic heterocycles. The van der Waals surface area contributed by atoms with Crippen molar-refractivity contribution in [3.05, 3.63) is 70.5 Å². The summed E-state index contributed by atoms with van der Waals surface area (Å²) in [5.74, 6) is -0.249. The van der Waals surface area contributed by atoms with E-state index < -0.39 is 5.41 Å². The second-order valence-corrected chi connectivity index (χ2v) is 7.54. The lowest BCUT2D eigenvalue weighted by atomic mass is 9.83. The van der Waals surface area contributed by atoms with Crippen LogP contribution in [-0.2, 0) is 15.6 Å². The Labute approximate surface area is 147 Å². The van der Waals surface area contributed by atoms with Gasteiger partial charge in [0.1, 0.15) is 5.82 Å². The van der Waals surface area contributed by atoms with E-state index in [1.165, 1.54) is 12.1 Å². The molecule has 1 aliphatic carbocycles. The van der Waals surface area contributed by atoms with Crippen LogP contribution in [-0.4, -0.2) is 12.5 Å². The maximum atomic E-state index is 13.1. The maximum Gasteiger partial charge on any atom is 0.230 e. The van der Waals surface area contributed by atoms with Gasteiger partial charge in [-0.3, -0.25) is 4.79 Å². The van der Waals surface area contributed by atoms with Crippen LogP contribution in [0, 0.1) is 5.82 Å². The number of rotatable bonds is 5. The van der Waals surface area contributed by atoms with Crippen molar-refractivity contribution in [2.24, 2.45) is 0 Å². The number of hydrogen-bond donors (Lipinski definition) is 1. The topological polar surface area (TPSA) is 29.1 Å². The van der Waals surface area contributed by atoms with Gasteiger partial charge in [0, 0.05) is 17.0 Å². The molecule has 0 unspecified atom stereocenters. The summed E-state index contributed by atoms with van der Waals surface area (Å²) in [6.07, 6.45) is 2.03. The molecule has 1 fully saturated rings. The van der Waals surface area contributed by atoms with Crippen molar-refractivity contribution >= 4 is 17.5 Å². The average molecular weight is 346 g/mol. The Bertz CT molecular complexity index is 733. The number of carbonyl (C=O) groups is 1. The van der Waals surface area contributed by atoms with Crippen molar-refractivity contribution < 1.29 is 9.18 Å². The van der Waals surface area contributed by atoms with E-state index in [0.717, 1.165) is 24.0 Å². The molecule has 0 aromatic heterocycles. The Morgan fingerprint density at radius 1 is 1.12 bits per heavy atom. The molecule has 0 heterocycles. The SMILES string of the molecule is CC(C)(C(=O)NCC1(c2ccc(F)cc2)CC1)c1ccc(Cl)cc1. The third-order valence-corrected chi connectivity index (χ3v) is 5.28. The Morgan fingerprint density at radius 2 is 1.71 bits per heavy atom. The van der Waals surface area contributed by atoms with Gasteiger partial charge in [-0.15, -0.1) is 0 Å². The fourth-order valence-electron chi connectivity index (χ4n) is 2.99. The summed E-state index contributed by atoms with van der Waals surface area (Å²) in [5, 5.41) is 3.74. The fraction of sp³-hybridized carbons (Fsp3) is 0.350. The molecule has 0 radical (unpaired) electrons. The van der Waals surface area contributed by atoms with Crippen molar-refractivity contribution in [3.8, 4) is 0 Å². The molecular weight excluding hydrogens is 325 g/mol. The van der Waals surface area contributed by atoms with E-state index in [1.807, 2.05) is 38.1 Å². The molecule has 1 saturated carbocycles. The van der Waals surface area contributed by atoms with Crippen molar-refractivity contribution in [3.63, 3.8) is 0 Å². The van der Waals surface area contributed by atoms with Gasteiger partial charge in [0.25, 0.3) is 0 Å². The Morgan fingerprint density at radius 3 is 2.25 bits per heavy atom. The first-order valence-corrected chi connectivity index (χ1v) is 8.52. The van der Waals surface area contributed by atoms with E-state index in [2.05, 4.69) is 5.32 Å². The van der Waals surface area contributed by atoms with Crippen LogP contribution < -0.4 is 5.32 Å². The molecule has 0 saturated heterocycles. The number of hydrogen-bond acceptors (Lipinski definition) is 1. The predicted molar refractivity (Wildman–Crippen MR) is 94.8 cm³/mol. The highest BCUT2D eigenvalue weighted by Crippen LogP contribution is 2.47. The van der Waals surface area contributed by atoms with Crippen LogP contribution in [0.4, 0.5) is 4.39 Å². The van der Waals surface area contributed by atoms with Gasteiger partial charge < -0.3 is 5.32 Å². The van der Waals surface area contributed by atoms with E-state index >= 15 is 0 Å². The molecule has 2 aromatic carbocycles. The number of benzene rings is 2. The van der Waals surface area contributed by atoms with Crippen molar-refractivity contribution in [1.29, 1.82) is 0 Å². The minimum Gasteiger partial charge on any atom is -0.354 e. The highest BCUT2D eigenvalue weighted by molar-refractivity contribution is 6.30. The largest absolute Gasteiger partial charge is 0.354 e. The van der Waals surface area contributed by atoms with E-state index in [0.29, 0.717) is 11.6 Å². The number of halogens is 2. The quantitative estimate of drug-likeness (QED) is 0.842. The van der Waals surface area contributed by atoms with Gasteiger partial charge in [-0.1, -0.05) is 35.9 Å². The molecule has 24 heavy (non-hydrogen) atoms. The van der Waals surface area contributed by atoms with Crippen molar-refractivity contribution in [2.75, 3.05) is 6.54 Å². The number of nitrogens with one attached hydrogen (secondary N) is 1. The molecule has 0 spiro atoms. The molecule has 0 bridgehead atoms. The van der Waals surface area contributed by atoms with Gasteiger partial charge in [0.05, 0.1) is 5.41 Å². The first kappa shape index (κ1) is 17.0. The normalized spacial score (nSPS) is 15.8. The zero-order chi connectivity index (χ0) is 17.4. The van der Waals surface area contributed by atoms with Crippen LogP contribution >= 0.6 is 11.6 Å². The summed E-state index contributed by atoms with van der Waals surface area (Å²) in [6.45, 7) is 4.39. The second kappa shape index (κ2) is 6.21. The van der Waals surface area contributed by atoms with Gasteiger partial charge in [0.15, 0.2) is 0 Å². The minimum absolute atomic E-state index is 0.0155. The predicted octanol–water partition coefficient (Wildman–Crippen LogP) is 4.60. The smallest absolute Gasteiger partial charge is 0.230 e. The molecule has 3 rings (SSSR count). The third-order valence-electron chi connectivity index (χ3n) is 5.03. The molecule has 1 N–H and O–H groups in total. The molecule has 1 aliphatic rings. The third kappa shape index (κ3) is 3.32. The molecule has 0 atom stereocenters. The van der Waals surface area contributed by atoms with Gasteiger partial charge >= 0.3 is 0 Å².